The molecule has 3 atom stereocenters. The summed E-state index contributed by atoms with van der Waals surface area (Å²) in [5.74, 6) is -0.0357. The van der Waals surface area contributed by atoms with Crippen LogP contribution in [0.5, 0.6) is 0 Å². The van der Waals surface area contributed by atoms with Gasteiger partial charge in [0.15, 0.2) is 0 Å². The topological polar surface area (TPSA) is 40.5 Å². The number of amides is 1. The van der Waals surface area contributed by atoms with Gasteiger partial charge in [0.25, 0.3) is 0 Å². The van der Waals surface area contributed by atoms with Gasteiger partial charge in [-0.2, -0.15) is 0 Å². The first-order valence-electron chi connectivity index (χ1n) is 7.89. The van der Waals surface area contributed by atoms with E-state index in [4.69, 9.17) is 11.6 Å². The lowest BCUT2D eigenvalue weighted by atomic mass is 10.0. The molecule has 1 aromatic carbocycles. The Bertz CT molecular complexity index is 519. The van der Waals surface area contributed by atoms with Gasteiger partial charge in [-0.1, -0.05) is 29.8 Å². The number of benzene rings is 1. The Kier molecular flexibility index (Phi) is 4.51. The van der Waals surface area contributed by atoms with Crippen LogP contribution >= 0.6 is 11.6 Å². The number of hydrogen-bond donors (Lipinski definition) is 1. The fraction of sp³-hybridized carbons (Fsp3) is 0.588. The lowest BCUT2D eigenvalue weighted by Gasteiger charge is -2.29. The van der Waals surface area contributed by atoms with E-state index in [-0.39, 0.29) is 17.9 Å². The van der Waals surface area contributed by atoms with Gasteiger partial charge in [0, 0.05) is 17.6 Å². The molecule has 1 aliphatic heterocycles. The second kappa shape index (κ2) is 6.37. The summed E-state index contributed by atoms with van der Waals surface area (Å²) >= 11 is 6.24. The van der Waals surface area contributed by atoms with Gasteiger partial charge in [-0.05, 0) is 50.2 Å². The van der Waals surface area contributed by atoms with E-state index in [9.17, 15) is 9.90 Å². The molecular formula is C17H22ClNO2. The Hall–Kier alpha value is -1.06. The molecule has 1 amide bonds. The molecule has 3 rings (SSSR count). The molecule has 114 valence electrons. The fourth-order valence-corrected chi connectivity index (χ4v) is 3.91. The summed E-state index contributed by atoms with van der Waals surface area (Å²) < 4.78 is 0. The number of aliphatic hydroxyl groups is 1. The van der Waals surface area contributed by atoms with Crippen LogP contribution in [0.2, 0.25) is 5.02 Å². The maximum atomic E-state index is 12.7. The van der Waals surface area contributed by atoms with Gasteiger partial charge >= 0.3 is 0 Å². The van der Waals surface area contributed by atoms with Crippen LogP contribution in [-0.4, -0.2) is 34.6 Å². The van der Waals surface area contributed by atoms with Crippen LogP contribution in [-0.2, 0) is 11.2 Å². The van der Waals surface area contributed by atoms with Crippen LogP contribution in [0.3, 0.4) is 0 Å². The third kappa shape index (κ3) is 3.09. The number of hydrogen-bond acceptors (Lipinski definition) is 2. The predicted octanol–water partition coefficient (Wildman–Crippen LogP) is 3.03. The van der Waals surface area contributed by atoms with Crippen molar-refractivity contribution < 1.29 is 9.90 Å². The number of rotatable bonds is 3. The molecule has 1 heterocycles. The first kappa shape index (κ1) is 14.9. The smallest absolute Gasteiger partial charge is 0.228 e. The molecule has 0 bridgehead atoms. The average molecular weight is 308 g/mol. The zero-order valence-electron chi connectivity index (χ0n) is 12.2. The zero-order valence-corrected chi connectivity index (χ0v) is 12.9. The Labute approximate surface area is 130 Å². The quantitative estimate of drug-likeness (QED) is 0.932. The molecule has 1 aromatic rings. The summed E-state index contributed by atoms with van der Waals surface area (Å²) in [7, 11) is 0. The number of aliphatic hydroxyl groups excluding tert-OH is 1. The van der Waals surface area contributed by atoms with E-state index in [0.717, 1.165) is 55.7 Å². The van der Waals surface area contributed by atoms with E-state index in [0.29, 0.717) is 0 Å². The highest BCUT2D eigenvalue weighted by Crippen LogP contribution is 2.31. The molecule has 1 saturated carbocycles. The van der Waals surface area contributed by atoms with Crippen molar-refractivity contribution in [3.8, 4) is 0 Å². The molecule has 1 aliphatic carbocycles. The summed E-state index contributed by atoms with van der Waals surface area (Å²) in [5, 5.41) is 10.7. The van der Waals surface area contributed by atoms with Crippen molar-refractivity contribution in [1.82, 2.24) is 4.90 Å². The number of nitrogens with zero attached hydrogens (tertiary/aromatic N) is 1. The molecular weight excluding hydrogens is 286 g/mol. The Morgan fingerprint density at radius 3 is 2.76 bits per heavy atom. The molecule has 2 aliphatic rings. The van der Waals surface area contributed by atoms with Gasteiger partial charge in [-0.3, -0.25) is 4.79 Å². The monoisotopic (exact) mass is 307 g/mol. The first-order valence-corrected chi connectivity index (χ1v) is 8.26. The summed E-state index contributed by atoms with van der Waals surface area (Å²) in [6.07, 6.45) is 4.99. The summed E-state index contributed by atoms with van der Waals surface area (Å²) in [6.45, 7) is 0.817. The highest BCUT2D eigenvalue weighted by atomic mass is 35.5. The third-order valence-corrected chi connectivity index (χ3v) is 5.24. The zero-order chi connectivity index (χ0) is 14.8. The largest absolute Gasteiger partial charge is 0.392 e. The number of carbonyl (C=O) groups is 1. The van der Waals surface area contributed by atoms with Crippen LogP contribution in [0, 0.1) is 5.92 Å². The SMILES string of the molecule is O=C(C1CCCC1O)N1CCCC1Cc1ccccc1Cl. The molecule has 0 radical (unpaired) electrons. The van der Waals surface area contributed by atoms with Gasteiger partial charge in [0.05, 0.1) is 12.0 Å². The third-order valence-electron chi connectivity index (χ3n) is 4.87. The van der Waals surface area contributed by atoms with Gasteiger partial charge < -0.3 is 10.0 Å². The molecule has 3 unspecified atom stereocenters. The molecule has 0 aromatic heterocycles. The standard InChI is InChI=1S/C17H22ClNO2/c18-15-8-2-1-5-12(15)11-13-6-4-10-19(13)17(21)14-7-3-9-16(14)20/h1-2,5,8,13-14,16,20H,3-4,6-7,9-11H2. The second-order valence-electron chi connectivity index (χ2n) is 6.23. The summed E-state index contributed by atoms with van der Waals surface area (Å²) in [5.41, 5.74) is 1.11. The van der Waals surface area contributed by atoms with Crippen molar-refractivity contribution in [2.75, 3.05) is 6.54 Å². The molecule has 1 N–H and O–H groups in total. The number of carbonyl (C=O) groups excluding carboxylic acids is 1. The van der Waals surface area contributed by atoms with Crippen molar-refractivity contribution in [2.45, 2.75) is 50.7 Å². The second-order valence-corrected chi connectivity index (χ2v) is 6.64. The van der Waals surface area contributed by atoms with Gasteiger partial charge in [-0.15, -0.1) is 0 Å². The number of likely N-dealkylation sites (tertiary alicyclic amines) is 1. The number of halogens is 1. The Morgan fingerprint density at radius 1 is 1.24 bits per heavy atom. The van der Waals surface area contributed by atoms with E-state index in [1.165, 1.54) is 0 Å². The van der Waals surface area contributed by atoms with Crippen molar-refractivity contribution in [3.05, 3.63) is 34.9 Å². The highest BCUT2D eigenvalue weighted by molar-refractivity contribution is 6.31. The van der Waals surface area contributed by atoms with Crippen LogP contribution < -0.4 is 0 Å². The van der Waals surface area contributed by atoms with E-state index in [2.05, 4.69) is 0 Å². The van der Waals surface area contributed by atoms with Crippen LogP contribution in [0.1, 0.15) is 37.7 Å². The predicted molar refractivity (Wildman–Crippen MR) is 83.2 cm³/mol. The van der Waals surface area contributed by atoms with Crippen molar-refractivity contribution in [1.29, 1.82) is 0 Å². The molecule has 3 nitrogen and oxygen atoms in total. The molecule has 0 spiro atoms. The van der Waals surface area contributed by atoms with E-state index >= 15 is 0 Å². The van der Waals surface area contributed by atoms with Crippen molar-refractivity contribution in [2.24, 2.45) is 5.92 Å². The summed E-state index contributed by atoms with van der Waals surface area (Å²) in [4.78, 5) is 14.7. The average Bonchev–Trinajstić information content (AvgIpc) is 3.10. The molecule has 2 fully saturated rings. The first-order chi connectivity index (χ1) is 10.2. The van der Waals surface area contributed by atoms with Crippen LogP contribution in [0.25, 0.3) is 0 Å². The highest BCUT2D eigenvalue weighted by Gasteiger charge is 2.38. The minimum Gasteiger partial charge on any atom is -0.392 e. The maximum absolute atomic E-state index is 12.7. The normalized spacial score (nSPS) is 29.0. The molecule has 1 saturated heterocycles. The van der Waals surface area contributed by atoms with Crippen LogP contribution in [0.15, 0.2) is 24.3 Å². The van der Waals surface area contributed by atoms with E-state index < -0.39 is 6.10 Å². The summed E-state index contributed by atoms with van der Waals surface area (Å²) in [6, 6.07) is 8.08. The van der Waals surface area contributed by atoms with E-state index in [1.807, 2.05) is 29.2 Å². The van der Waals surface area contributed by atoms with Crippen molar-refractivity contribution >= 4 is 17.5 Å². The van der Waals surface area contributed by atoms with Gasteiger partial charge in [-0.25, -0.2) is 0 Å². The van der Waals surface area contributed by atoms with Gasteiger partial charge in [0.2, 0.25) is 5.91 Å². The Morgan fingerprint density at radius 2 is 2.05 bits per heavy atom. The lowest BCUT2D eigenvalue weighted by Crippen LogP contribution is -2.42. The fourth-order valence-electron chi connectivity index (χ4n) is 3.70. The molecule has 4 heteroatoms. The maximum Gasteiger partial charge on any atom is 0.228 e. The van der Waals surface area contributed by atoms with Crippen LogP contribution in [0.4, 0.5) is 0 Å². The van der Waals surface area contributed by atoms with E-state index in [1.54, 1.807) is 0 Å². The lowest BCUT2D eigenvalue weighted by molar-refractivity contribution is -0.139. The minimum atomic E-state index is -0.445. The van der Waals surface area contributed by atoms with Gasteiger partial charge in [0.1, 0.15) is 0 Å². The molecule has 21 heavy (non-hydrogen) atoms. The van der Waals surface area contributed by atoms with Crippen molar-refractivity contribution in [3.63, 3.8) is 0 Å². The Balaban J connectivity index is 1.71. The minimum absolute atomic E-state index is 0.148.